The third kappa shape index (κ3) is 4.68. The van der Waals surface area contributed by atoms with Crippen molar-refractivity contribution in [1.82, 2.24) is 0 Å². The molecule has 6 heteroatoms. The quantitative estimate of drug-likeness (QED) is 0.754. The van der Waals surface area contributed by atoms with Crippen molar-refractivity contribution in [2.75, 3.05) is 12.4 Å². The Balaban J connectivity index is 2.49. The maximum Gasteiger partial charge on any atom is 0.235 e. The van der Waals surface area contributed by atoms with Crippen LogP contribution in [0.1, 0.15) is 5.56 Å². The summed E-state index contributed by atoms with van der Waals surface area (Å²) in [6.45, 7) is -0.00225. The first-order valence-corrected chi connectivity index (χ1v) is 6.54. The lowest BCUT2D eigenvalue weighted by molar-refractivity contribution is 0.341. The minimum absolute atomic E-state index is 0.00225. The van der Waals surface area contributed by atoms with Gasteiger partial charge in [-0.25, -0.2) is 8.42 Å². The number of nitriles is 1. The van der Waals surface area contributed by atoms with Crippen LogP contribution in [0.3, 0.4) is 0 Å². The van der Waals surface area contributed by atoms with Gasteiger partial charge in [0.25, 0.3) is 0 Å². The highest BCUT2D eigenvalue weighted by Crippen LogP contribution is 2.11. The number of hydrogen-bond acceptors (Lipinski definition) is 4. The van der Waals surface area contributed by atoms with Crippen molar-refractivity contribution in [2.24, 2.45) is 0 Å². The monoisotopic (exact) mass is 245 g/mol. The Kier molecular flexibility index (Phi) is 3.95. The lowest BCUT2D eigenvalue weighted by Crippen LogP contribution is -2.08. The topological polar surface area (TPSA) is 67.2 Å². The van der Waals surface area contributed by atoms with Crippen LogP contribution in [0.4, 0.5) is 0 Å². The maximum atomic E-state index is 10.6. The van der Waals surface area contributed by atoms with Crippen LogP contribution in [0.15, 0.2) is 24.3 Å². The molecule has 0 N–H and O–H groups in total. The van der Waals surface area contributed by atoms with Crippen LogP contribution in [0, 0.1) is 11.3 Å². The van der Waals surface area contributed by atoms with Crippen LogP contribution in [0.25, 0.3) is 0 Å². The summed E-state index contributed by atoms with van der Waals surface area (Å²) in [5.41, 5.74) is 0.521. The van der Waals surface area contributed by atoms with Crippen molar-refractivity contribution in [3.63, 3.8) is 0 Å². The number of benzene rings is 1. The lowest BCUT2D eigenvalue weighted by atomic mass is 10.2. The number of hydrogen-bond donors (Lipinski definition) is 0. The molecule has 0 unspecified atom stereocenters. The molecule has 0 spiro atoms. The fraction of sp³-hybridized carbons (Fsp3) is 0.222. The van der Waals surface area contributed by atoms with E-state index in [-0.39, 0.29) is 12.4 Å². The van der Waals surface area contributed by atoms with E-state index in [1.54, 1.807) is 24.3 Å². The van der Waals surface area contributed by atoms with Crippen LogP contribution in [-0.4, -0.2) is 20.8 Å². The van der Waals surface area contributed by atoms with Crippen LogP contribution in [0.5, 0.6) is 5.75 Å². The summed E-state index contributed by atoms with van der Waals surface area (Å²) in [4.78, 5) is 0. The first-order valence-electron chi connectivity index (χ1n) is 4.06. The molecule has 0 atom stereocenters. The van der Waals surface area contributed by atoms with E-state index in [4.69, 9.17) is 20.7 Å². The van der Waals surface area contributed by atoms with Crippen molar-refractivity contribution < 1.29 is 13.2 Å². The highest BCUT2D eigenvalue weighted by Gasteiger charge is 2.04. The lowest BCUT2D eigenvalue weighted by Gasteiger charge is -2.03. The van der Waals surface area contributed by atoms with Gasteiger partial charge in [0.05, 0.1) is 17.4 Å². The Labute approximate surface area is 92.5 Å². The Hall–Kier alpha value is -1.25. The molecule has 0 aliphatic heterocycles. The van der Waals surface area contributed by atoms with E-state index < -0.39 is 9.05 Å². The number of ether oxygens (including phenoxy) is 1. The predicted molar refractivity (Wildman–Crippen MR) is 56.3 cm³/mol. The zero-order chi connectivity index (χ0) is 11.3. The summed E-state index contributed by atoms with van der Waals surface area (Å²) >= 11 is 0. The molecule has 0 aliphatic rings. The molecule has 0 aliphatic carbocycles. The first kappa shape index (κ1) is 11.8. The molecule has 1 aromatic rings. The van der Waals surface area contributed by atoms with Gasteiger partial charge in [0, 0.05) is 10.7 Å². The Morgan fingerprint density at radius 3 is 2.40 bits per heavy atom. The molecule has 0 amide bonds. The first-order chi connectivity index (χ1) is 7.01. The molecule has 4 nitrogen and oxygen atoms in total. The van der Waals surface area contributed by atoms with Gasteiger partial charge in [0.15, 0.2) is 0 Å². The molecule has 0 heterocycles. The van der Waals surface area contributed by atoms with Gasteiger partial charge in [0.1, 0.15) is 12.4 Å². The molecule has 0 radical (unpaired) electrons. The van der Waals surface area contributed by atoms with E-state index >= 15 is 0 Å². The SMILES string of the molecule is N#Cc1ccc(OCCS(=O)(=O)Cl)cc1. The van der Waals surface area contributed by atoms with Gasteiger partial charge in [0.2, 0.25) is 9.05 Å². The molecule has 1 aromatic carbocycles. The second kappa shape index (κ2) is 5.01. The summed E-state index contributed by atoms with van der Waals surface area (Å²) in [5, 5.41) is 8.52. The maximum absolute atomic E-state index is 10.6. The molecule has 0 saturated carbocycles. The zero-order valence-corrected chi connectivity index (χ0v) is 9.25. The Bertz CT molecular complexity index is 461. The summed E-state index contributed by atoms with van der Waals surface area (Å²) < 4.78 is 26.2. The molecule has 0 aromatic heterocycles. The Morgan fingerprint density at radius 2 is 1.93 bits per heavy atom. The predicted octanol–water partition coefficient (Wildman–Crippen LogP) is 1.51. The van der Waals surface area contributed by atoms with E-state index in [1.165, 1.54) is 0 Å². The smallest absolute Gasteiger partial charge is 0.235 e. The van der Waals surface area contributed by atoms with Crippen LogP contribution >= 0.6 is 10.7 Å². The molecular formula is C9H8ClNO3S. The molecule has 0 saturated heterocycles. The van der Waals surface area contributed by atoms with Gasteiger partial charge >= 0.3 is 0 Å². The van der Waals surface area contributed by atoms with E-state index in [2.05, 4.69) is 0 Å². The number of nitrogens with zero attached hydrogens (tertiary/aromatic N) is 1. The van der Waals surface area contributed by atoms with Crippen LogP contribution in [-0.2, 0) is 9.05 Å². The van der Waals surface area contributed by atoms with Crippen molar-refractivity contribution in [3.8, 4) is 11.8 Å². The van der Waals surface area contributed by atoms with Gasteiger partial charge in [-0.3, -0.25) is 0 Å². The average Bonchev–Trinajstić information content (AvgIpc) is 2.17. The molecule has 15 heavy (non-hydrogen) atoms. The summed E-state index contributed by atoms with van der Waals surface area (Å²) in [7, 11) is 1.48. The van der Waals surface area contributed by atoms with Crippen LogP contribution in [0.2, 0.25) is 0 Å². The normalized spacial score (nSPS) is 10.7. The fourth-order valence-corrected chi connectivity index (χ4v) is 1.36. The van der Waals surface area contributed by atoms with Crippen molar-refractivity contribution in [3.05, 3.63) is 29.8 Å². The summed E-state index contributed by atoms with van der Waals surface area (Å²) in [6.07, 6.45) is 0. The highest BCUT2D eigenvalue weighted by molar-refractivity contribution is 8.13. The summed E-state index contributed by atoms with van der Waals surface area (Å²) in [5.74, 6) is 0.267. The largest absolute Gasteiger partial charge is 0.492 e. The van der Waals surface area contributed by atoms with Crippen molar-refractivity contribution in [2.45, 2.75) is 0 Å². The second-order valence-corrected chi connectivity index (χ2v) is 5.62. The minimum Gasteiger partial charge on any atom is -0.492 e. The summed E-state index contributed by atoms with van der Waals surface area (Å²) in [6, 6.07) is 8.33. The zero-order valence-electron chi connectivity index (χ0n) is 7.68. The third-order valence-corrected chi connectivity index (χ3v) is 2.70. The van der Waals surface area contributed by atoms with E-state index in [0.717, 1.165) is 0 Å². The minimum atomic E-state index is -3.51. The fourth-order valence-electron chi connectivity index (χ4n) is 0.885. The van der Waals surface area contributed by atoms with Crippen molar-refractivity contribution >= 4 is 19.7 Å². The van der Waals surface area contributed by atoms with E-state index in [9.17, 15) is 8.42 Å². The van der Waals surface area contributed by atoms with E-state index in [1.807, 2.05) is 6.07 Å². The molecule has 0 fully saturated rings. The third-order valence-electron chi connectivity index (χ3n) is 1.58. The molecule has 80 valence electrons. The Morgan fingerprint density at radius 1 is 1.33 bits per heavy atom. The highest BCUT2D eigenvalue weighted by atomic mass is 35.7. The van der Waals surface area contributed by atoms with Gasteiger partial charge in [-0.05, 0) is 24.3 Å². The van der Waals surface area contributed by atoms with Gasteiger partial charge < -0.3 is 4.74 Å². The standard InChI is InChI=1S/C9H8ClNO3S/c10-15(12,13)6-5-14-9-3-1-8(7-11)2-4-9/h1-4H,5-6H2. The number of halogens is 1. The van der Waals surface area contributed by atoms with Gasteiger partial charge in [-0.2, -0.15) is 5.26 Å². The second-order valence-electron chi connectivity index (χ2n) is 2.73. The van der Waals surface area contributed by atoms with Gasteiger partial charge in [-0.15, -0.1) is 0 Å². The molecular weight excluding hydrogens is 238 g/mol. The van der Waals surface area contributed by atoms with Crippen LogP contribution < -0.4 is 4.74 Å². The molecule has 1 rings (SSSR count). The average molecular weight is 246 g/mol. The van der Waals surface area contributed by atoms with Gasteiger partial charge in [-0.1, -0.05) is 0 Å². The molecule has 0 bridgehead atoms. The van der Waals surface area contributed by atoms with Crippen molar-refractivity contribution in [1.29, 1.82) is 5.26 Å². The van der Waals surface area contributed by atoms with E-state index in [0.29, 0.717) is 11.3 Å². The number of rotatable bonds is 4.